The van der Waals surface area contributed by atoms with Crippen LogP contribution < -0.4 is 10.1 Å². The summed E-state index contributed by atoms with van der Waals surface area (Å²) in [5.41, 5.74) is 3.44. The van der Waals surface area contributed by atoms with Gasteiger partial charge in [-0.25, -0.2) is 0 Å². The zero-order chi connectivity index (χ0) is 15.9. The van der Waals surface area contributed by atoms with Crippen molar-refractivity contribution >= 4 is 0 Å². The Bertz CT molecular complexity index is 626. The molecular weight excluding hydrogens is 288 g/mol. The molecule has 1 aliphatic rings. The molecule has 1 fully saturated rings. The highest BCUT2D eigenvalue weighted by Crippen LogP contribution is 2.24. The number of ether oxygens (including phenoxy) is 1. The van der Waals surface area contributed by atoms with E-state index in [2.05, 4.69) is 34.6 Å². The first-order valence-corrected chi connectivity index (χ1v) is 8.36. The van der Waals surface area contributed by atoms with Gasteiger partial charge in [0.15, 0.2) is 0 Å². The molecule has 23 heavy (non-hydrogen) atoms. The normalized spacial score (nSPS) is 16.8. The molecule has 4 heteroatoms. The smallest absolute Gasteiger partial charge is 0.138 e. The number of nitrogens with zero attached hydrogens (tertiary/aromatic N) is 1. The van der Waals surface area contributed by atoms with E-state index in [1.807, 2.05) is 12.3 Å². The van der Waals surface area contributed by atoms with Crippen LogP contribution in [0.4, 0.5) is 0 Å². The predicted octanol–water partition coefficient (Wildman–Crippen LogP) is 2.80. The monoisotopic (exact) mass is 312 g/mol. The summed E-state index contributed by atoms with van der Waals surface area (Å²) in [5.74, 6) is 0.822. The second-order valence-electron chi connectivity index (χ2n) is 6.01. The lowest BCUT2D eigenvalue weighted by molar-refractivity contribution is 0.252. The minimum atomic E-state index is 0.227. The first-order chi connectivity index (χ1) is 11.3. The van der Waals surface area contributed by atoms with Crippen LogP contribution in [0.2, 0.25) is 0 Å². The fraction of sp³-hybridized carbons (Fsp3) is 0.421. The molecule has 0 unspecified atom stereocenters. The van der Waals surface area contributed by atoms with E-state index in [1.54, 1.807) is 6.20 Å². The molecule has 0 saturated carbocycles. The summed E-state index contributed by atoms with van der Waals surface area (Å²) in [6.45, 7) is 2.08. The zero-order valence-corrected chi connectivity index (χ0v) is 13.4. The largest absolute Gasteiger partial charge is 0.492 e. The second-order valence-corrected chi connectivity index (χ2v) is 6.01. The maximum absolute atomic E-state index is 8.96. The summed E-state index contributed by atoms with van der Waals surface area (Å²) >= 11 is 0. The molecule has 4 nitrogen and oxygen atoms in total. The van der Waals surface area contributed by atoms with Gasteiger partial charge in [-0.15, -0.1) is 0 Å². The van der Waals surface area contributed by atoms with Gasteiger partial charge in [0, 0.05) is 24.4 Å². The molecule has 0 radical (unpaired) electrons. The van der Waals surface area contributed by atoms with Gasteiger partial charge in [0.05, 0.1) is 12.8 Å². The first kappa shape index (κ1) is 16.0. The number of hydrogen-bond acceptors (Lipinski definition) is 4. The highest BCUT2D eigenvalue weighted by Gasteiger charge is 2.15. The van der Waals surface area contributed by atoms with Crippen molar-refractivity contribution in [2.45, 2.75) is 31.7 Å². The lowest BCUT2D eigenvalue weighted by atomic mass is 10.0. The standard InChI is InChI=1S/C19H24N2O2/c22-9-2-4-15-3-1-5-16(11-15)17-12-19(14-20-13-17)23-10-7-18-6-8-21-18/h1,3,5,11-14,18,21-22H,2,4,6-10H2/t18-/m0/s1. The van der Waals surface area contributed by atoms with Gasteiger partial charge >= 0.3 is 0 Å². The van der Waals surface area contributed by atoms with Crippen molar-refractivity contribution in [2.75, 3.05) is 19.8 Å². The van der Waals surface area contributed by atoms with Crippen molar-refractivity contribution in [3.05, 3.63) is 48.3 Å². The van der Waals surface area contributed by atoms with Crippen molar-refractivity contribution in [2.24, 2.45) is 0 Å². The quantitative estimate of drug-likeness (QED) is 0.787. The molecule has 1 aromatic carbocycles. The minimum absolute atomic E-state index is 0.227. The number of aliphatic hydroxyl groups excluding tert-OH is 1. The van der Waals surface area contributed by atoms with Crippen molar-refractivity contribution < 1.29 is 9.84 Å². The van der Waals surface area contributed by atoms with Gasteiger partial charge in [0.25, 0.3) is 0 Å². The van der Waals surface area contributed by atoms with E-state index in [-0.39, 0.29) is 6.61 Å². The Morgan fingerprint density at radius 3 is 2.91 bits per heavy atom. The average Bonchev–Trinajstić information content (AvgIpc) is 2.56. The average molecular weight is 312 g/mol. The second kappa shape index (κ2) is 8.09. The van der Waals surface area contributed by atoms with E-state index < -0.39 is 0 Å². The van der Waals surface area contributed by atoms with Crippen LogP contribution in [0.25, 0.3) is 11.1 Å². The molecule has 1 aliphatic heterocycles. The number of aromatic nitrogens is 1. The van der Waals surface area contributed by atoms with Crippen LogP contribution in [-0.4, -0.2) is 35.9 Å². The molecule has 0 bridgehead atoms. The molecule has 122 valence electrons. The van der Waals surface area contributed by atoms with Gasteiger partial charge in [-0.3, -0.25) is 4.98 Å². The lowest BCUT2D eigenvalue weighted by Crippen LogP contribution is -2.43. The molecule has 3 rings (SSSR count). The van der Waals surface area contributed by atoms with Crippen LogP contribution in [0.15, 0.2) is 42.7 Å². The van der Waals surface area contributed by atoms with Gasteiger partial charge in [0.1, 0.15) is 5.75 Å². The van der Waals surface area contributed by atoms with Crippen LogP contribution in [0.5, 0.6) is 5.75 Å². The number of pyridine rings is 1. The van der Waals surface area contributed by atoms with Gasteiger partial charge < -0.3 is 15.2 Å². The topological polar surface area (TPSA) is 54.4 Å². The predicted molar refractivity (Wildman–Crippen MR) is 91.6 cm³/mol. The molecule has 1 saturated heterocycles. The first-order valence-electron chi connectivity index (χ1n) is 8.36. The Labute approximate surface area is 137 Å². The fourth-order valence-electron chi connectivity index (χ4n) is 2.76. The zero-order valence-electron chi connectivity index (χ0n) is 13.4. The van der Waals surface area contributed by atoms with Gasteiger partial charge in [0.2, 0.25) is 0 Å². The molecular formula is C19H24N2O2. The third-order valence-electron chi connectivity index (χ3n) is 4.26. The molecule has 2 aromatic rings. The number of rotatable bonds is 8. The number of benzene rings is 1. The van der Waals surface area contributed by atoms with E-state index in [0.29, 0.717) is 6.04 Å². The van der Waals surface area contributed by atoms with Crippen molar-refractivity contribution in [3.8, 4) is 16.9 Å². The highest BCUT2D eigenvalue weighted by molar-refractivity contribution is 5.64. The summed E-state index contributed by atoms with van der Waals surface area (Å²) in [7, 11) is 0. The van der Waals surface area contributed by atoms with Crippen LogP contribution >= 0.6 is 0 Å². The van der Waals surface area contributed by atoms with Crippen molar-refractivity contribution in [1.82, 2.24) is 10.3 Å². The SMILES string of the molecule is OCCCc1cccc(-c2cncc(OCC[C@@H]3CCN3)c2)c1. The number of aliphatic hydroxyl groups is 1. The number of aryl methyl sites for hydroxylation is 1. The fourth-order valence-corrected chi connectivity index (χ4v) is 2.76. The molecule has 1 aromatic heterocycles. The van der Waals surface area contributed by atoms with Crippen LogP contribution in [0.1, 0.15) is 24.8 Å². The highest BCUT2D eigenvalue weighted by atomic mass is 16.5. The molecule has 0 amide bonds. The maximum atomic E-state index is 8.96. The van der Waals surface area contributed by atoms with Gasteiger partial charge in [-0.2, -0.15) is 0 Å². The van der Waals surface area contributed by atoms with Crippen LogP contribution in [0, 0.1) is 0 Å². The molecule has 2 heterocycles. The van der Waals surface area contributed by atoms with E-state index in [0.717, 1.165) is 49.3 Å². The maximum Gasteiger partial charge on any atom is 0.138 e. The Kier molecular flexibility index (Phi) is 5.61. The van der Waals surface area contributed by atoms with E-state index in [9.17, 15) is 0 Å². The molecule has 0 aliphatic carbocycles. The minimum Gasteiger partial charge on any atom is -0.492 e. The Morgan fingerprint density at radius 2 is 2.13 bits per heavy atom. The Hall–Kier alpha value is -1.91. The van der Waals surface area contributed by atoms with E-state index in [1.165, 1.54) is 12.0 Å². The Balaban J connectivity index is 1.63. The van der Waals surface area contributed by atoms with Crippen molar-refractivity contribution in [1.29, 1.82) is 0 Å². The molecule has 2 N–H and O–H groups in total. The summed E-state index contributed by atoms with van der Waals surface area (Å²) in [6, 6.07) is 11.1. The summed E-state index contributed by atoms with van der Waals surface area (Å²) < 4.78 is 5.83. The third-order valence-corrected chi connectivity index (χ3v) is 4.26. The molecule has 0 spiro atoms. The van der Waals surface area contributed by atoms with E-state index >= 15 is 0 Å². The summed E-state index contributed by atoms with van der Waals surface area (Å²) in [6.07, 6.45) is 7.62. The summed E-state index contributed by atoms with van der Waals surface area (Å²) in [4.78, 5) is 4.30. The Morgan fingerprint density at radius 1 is 1.22 bits per heavy atom. The van der Waals surface area contributed by atoms with Gasteiger partial charge in [-0.1, -0.05) is 24.3 Å². The van der Waals surface area contributed by atoms with Crippen molar-refractivity contribution in [3.63, 3.8) is 0 Å². The number of nitrogens with one attached hydrogen (secondary N) is 1. The molecule has 1 atom stereocenters. The lowest BCUT2D eigenvalue weighted by Gasteiger charge is -2.27. The van der Waals surface area contributed by atoms with Gasteiger partial charge in [-0.05, 0) is 49.4 Å². The van der Waals surface area contributed by atoms with Crippen LogP contribution in [0.3, 0.4) is 0 Å². The summed E-state index contributed by atoms with van der Waals surface area (Å²) in [5, 5.41) is 12.3. The third kappa shape index (κ3) is 4.53. The van der Waals surface area contributed by atoms with Crippen LogP contribution in [-0.2, 0) is 6.42 Å². The van der Waals surface area contributed by atoms with E-state index in [4.69, 9.17) is 9.84 Å². The number of hydrogen-bond donors (Lipinski definition) is 2.